The monoisotopic (exact) mass is 358 g/mol. The van der Waals surface area contributed by atoms with Crippen molar-refractivity contribution in [2.24, 2.45) is 10.9 Å². The predicted octanol–water partition coefficient (Wildman–Crippen LogP) is 2.33. The van der Waals surface area contributed by atoms with E-state index in [9.17, 15) is 5.11 Å². The number of nitrogens with one attached hydrogen (secondary N) is 3. The fraction of sp³-hybridized carbons (Fsp3) is 0.526. The lowest BCUT2D eigenvalue weighted by Gasteiger charge is -2.18. The number of aromatic nitrogens is 3. The van der Waals surface area contributed by atoms with Crippen molar-refractivity contribution in [3.8, 4) is 11.4 Å². The molecular weight excluding hydrogens is 328 g/mol. The van der Waals surface area contributed by atoms with Crippen molar-refractivity contribution in [2.75, 3.05) is 19.7 Å². The third-order valence-electron chi connectivity index (χ3n) is 4.17. The van der Waals surface area contributed by atoms with Crippen LogP contribution < -0.4 is 10.6 Å². The van der Waals surface area contributed by atoms with Crippen LogP contribution in [0.3, 0.4) is 0 Å². The molecule has 1 aromatic heterocycles. The standard InChI is InChI=1S/C19H30N6O/c1-3-6-15(9-10-26)12-21-19(20-4-2)22-13-16-7-5-8-17(11-16)18-23-14-24-25-18/h5,7-8,11,14-15,26H,3-4,6,9-10,12-13H2,1-2H3,(H2,20,21,22)(H,23,24,25). The number of H-pyrrole nitrogens is 1. The Morgan fingerprint density at radius 3 is 2.85 bits per heavy atom. The molecule has 0 aliphatic rings. The zero-order valence-electron chi connectivity index (χ0n) is 15.7. The Bertz CT molecular complexity index is 650. The molecule has 0 radical (unpaired) electrons. The first-order chi connectivity index (χ1) is 12.8. The molecule has 1 atom stereocenters. The number of hydrogen-bond acceptors (Lipinski definition) is 4. The summed E-state index contributed by atoms with van der Waals surface area (Å²) in [5, 5.41) is 22.7. The summed E-state index contributed by atoms with van der Waals surface area (Å²) in [6.07, 6.45) is 4.55. The second-order valence-electron chi connectivity index (χ2n) is 6.28. The predicted molar refractivity (Wildman–Crippen MR) is 105 cm³/mol. The van der Waals surface area contributed by atoms with Crippen molar-refractivity contribution in [2.45, 2.75) is 39.7 Å². The van der Waals surface area contributed by atoms with Gasteiger partial charge in [0.05, 0.1) is 6.54 Å². The van der Waals surface area contributed by atoms with Crippen LogP contribution >= 0.6 is 0 Å². The molecule has 7 heteroatoms. The Kier molecular flexibility index (Phi) is 8.62. The second-order valence-corrected chi connectivity index (χ2v) is 6.28. The molecule has 1 heterocycles. The van der Waals surface area contributed by atoms with Crippen molar-refractivity contribution in [1.29, 1.82) is 0 Å². The highest BCUT2D eigenvalue weighted by molar-refractivity contribution is 5.79. The normalized spacial score (nSPS) is 12.8. The minimum atomic E-state index is 0.231. The third kappa shape index (κ3) is 6.48. The van der Waals surface area contributed by atoms with E-state index in [1.807, 2.05) is 12.1 Å². The van der Waals surface area contributed by atoms with Crippen LogP contribution in [-0.2, 0) is 6.54 Å². The fourth-order valence-corrected chi connectivity index (χ4v) is 2.85. The molecule has 0 aliphatic carbocycles. The first-order valence-electron chi connectivity index (χ1n) is 9.34. The Morgan fingerprint density at radius 1 is 1.27 bits per heavy atom. The molecule has 0 fully saturated rings. The maximum atomic E-state index is 9.20. The van der Waals surface area contributed by atoms with Crippen LogP contribution in [0.4, 0.5) is 0 Å². The van der Waals surface area contributed by atoms with Gasteiger partial charge in [-0.3, -0.25) is 5.10 Å². The topological polar surface area (TPSA) is 98.2 Å². The van der Waals surface area contributed by atoms with Gasteiger partial charge in [-0.15, -0.1) is 0 Å². The van der Waals surface area contributed by atoms with E-state index in [-0.39, 0.29) is 6.61 Å². The lowest BCUT2D eigenvalue weighted by molar-refractivity contribution is 0.251. The summed E-state index contributed by atoms with van der Waals surface area (Å²) < 4.78 is 0. The van der Waals surface area contributed by atoms with Gasteiger partial charge in [0.1, 0.15) is 6.33 Å². The van der Waals surface area contributed by atoms with Gasteiger partial charge < -0.3 is 15.7 Å². The molecule has 0 spiro atoms. The summed E-state index contributed by atoms with van der Waals surface area (Å²) >= 11 is 0. The molecule has 2 aromatic rings. The quantitative estimate of drug-likeness (QED) is 0.386. The van der Waals surface area contributed by atoms with E-state index < -0.39 is 0 Å². The van der Waals surface area contributed by atoms with Gasteiger partial charge in [0.15, 0.2) is 11.8 Å². The van der Waals surface area contributed by atoms with Crippen molar-refractivity contribution in [1.82, 2.24) is 25.8 Å². The van der Waals surface area contributed by atoms with E-state index in [1.54, 1.807) is 0 Å². The molecule has 4 N–H and O–H groups in total. The van der Waals surface area contributed by atoms with Crippen LogP contribution in [-0.4, -0.2) is 45.9 Å². The molecule has 142 valence electrons. The van der Waals surface area contributed by atoms with Crippen molar-refractivity contribution in [3.63, 3.8) is 0 Å². The van der Waals surface area contributed by atoms with Gasteiger partial charge in [-0.25, -0.2) is 9.98 Å². The number of nitrogens with zero attached hydrogens (tertiary/aromatic N) is 3. The van der Waals surface area contributed by atoms with Gasteiger partial charge in [-0.05, 0) is 37.3 Å². The summed E-state index contributed by atoms with van der Waals surface area (Å²) in [6.45, 7) is 6.66. The molecule has 1 unspecified atom stereocenters. The Balaban J connectivity index is 1.98. The summed E-state index contributed by atoms with van der Waals surface area (Å²) in [6, 6.07) is 8.13. The Hall–Kier alpha value is -2.41. The van der Waals surface area contributed by atoms with E-state index in [0.717, 1.165) is 55.3 Å². The fourth-order valence-electron chi connectivity index (χ4n) is 2.85. The SMILES string of the molecule is CCCC(CCO)CNC(=NCc1cccc(-c2ncn[nH]2)c1)NCC. The number of aromatic amines is 1. The number of rotatable bonds is 10. The highest BCUT2D eigenvalue weighted by atomic mass is 16.3. The lowest BCUT2D eigenvalue weighted by Crippen LogP contribution is -2.40. The first kappa shape index (κ1) is 19.9. The van der Waals surface area contributed by atoms with Gasteiger partial charge in [0.2, 0.25) is 0 Å². The van der Waals surface area contributed by atoms with Crippen LogP contribution in [0, 0.1) is 5.92 Å². The first-order valence-corrected chi connectivity index (χ1v) is 9.34. The molecular formula is C19H30N6O. The molecule has 1 aromatic carbocycles. The largest absolute Gasteiger partial charge is 0.396 e. The van der Waals surface area contributed by atoms with E-state index >= 15 is 0 Å². The smallest absolute Gasteiger partial charge is 0.191 e. The van der Waals surface area contributed by atoms with Gasteiger partial charge >= 0.3 is 0 Å². The summed E-state index contributed by atoms with van der Waals surface area (Å²) in [5.74, 6) is 2.02. The van der Waals surface area contributed by atoms with Gasteiger partial charge in [-0.1, -0.05) is 31.5 Å². The zero-order chi connectivity index (χ0) is 18.6. The average molecular weight is 358 g/mol. The number of guanidine groups is 1. The third-order valence-corrected chi connectivity index (χ3v) is 4.17. The van der Waals surface area contributed by atoms with Crippen LogP contribution in [0.5, 0.6) is 0 Å². The maximum Gasteiger partial charge on any atom is 0.191 e. The number of hydrogen-bond donors (Lipinski definition) is 4. The van der Waals surface area contributed by atoms with Crippen molar-refractivity contribution in [3.05, 3.63) is 36.2 Å². The molecule has 2 rings (SSSR count). The second kappa shape index (κ2) is 11.3. The van der Waals surface area contributed by atoms with Gasteiger partial charge in [0.25, 0.3) is 0 Å². The summed E-state index contributed by atoms with van der Waals surface area (Å²) in [4.78, 5) is 8.87. The number of aliphatic imine (C=N–C) groups is 1. The van der Waals surface area contributed by atoms with E-state index in [0.29, 0.717) is 12.5 Å². The Labute approximate surface area is 155 Å². The molecule has 0 bridgehead atoms. The minimum absolute atomic E-state index is 0.231. The van der Waals surface area contributed by atoms with Crippen LogP contribution in [0.25, 0.3) is 11.4 Å². The molecule has 0 amide bonds. The number of aliphatic hydroxyl groups excluding tert-OH is 1. The minimum Gasteiger partial charge on any atom is -0.396 e. The molecule has 0 saturated carbocycles. The molecule has 0 saturated heterocycles. The highest BCUT2D eigenvalue weighted by Crippen LogP contribution is 2.16. The van der Waals surface area contributed by atoms with Crippen LogP contribution in [0.15, 0.2) is 35.6 Å². The zero-order valence-corrected chi connectivity index (χ0v) is 15.7. The van der Waals surface area contributed by atoms with Gasteiger partial charge in [-0.2, -0.15) is 5.10 Å². The highest BCUT2D eigenvalue weighted by Gasteiger charge is 2.08. The summed E-state index contributed by atoms with van der Waals surface area (Å²) in [5.41, 5.74) is 2.11. The molecule has 7 nitrogen and oxygen atoms in total. The number of benzene rings is 1. The lowest BCUT2D eigenvalue weighted by atomic mass is 10.0. The van der Waals surface area contributed by atoms with E-state index in [1.165, 1.54) is 6.33 Å². The van der Waals surface area contributed by atoms with Crippen molar-refractivity contribution < 1.29 is 5.11 Å². The molecule has 26 heavy (non-hydrogen) atoms. The maximum absolute atomic E-state index is 9.20. The van der Waals surface area contributed by atoms with Gasteiger partial charge in [0, 0.05) is 25.3 Å². The average Bonchev–Trinajstić information content (AvgIpc) is 3.19. The molecule has 0 aliphatic heterocycles. The number of aliphatic hydroxyl groups is 1. The summed E-state index contributed by atoms with van der Waals surface area (Å²) in [7, 11) is 0. The van der Waals surface area contributed by atoms with Crippen LogP contribution in [0.2, 0.25) is 0 Å². The Morgan fingerprint density at radius 2 is 2.15 bits per heavy atom. The van der Waals surface area contributed by atoms with E-state index in [2.05, 4.69) is 56.8 Å². The van der Waals surface area contributed by atoms with E-state index in [4.69, 9.17) is 0 Å². The van der Waals surface area contributed by atoms with Crippen molar-refractivity contribution >= 4 is 5.96 Å². The van der Waals surface area contributed by atoms with Crippen LogP contribution in [0.1, 0.15) is 38.7 Å².